The SMILES string of the molecule is CCCOc1ccc(Br)cc1/C=N/NC(=O)C(=O)Nc1ccc(CC)cc1. The van der Waals surface area contributed by atoms with E-state index in [2.05, 4.69) is 31.8 Å². The standard InChI is InChI=1S/C20H22BrN3O3/c1-3-11-27-18-10-7-16(21)12-15(18)13-22-24-20(26)19(25)23-17-8-5-14(4-2)6-9-17/h5-10,12-13H,3-4,11H2,1-2H3,(H,23,25)(H,24,26)/b22-13+. The zero-order chi connectivity index (χ0) is 19.6. The Bertz CT molecular complexity index is 820. The van der Waals surface area contributed by atoms with Crippen LogP contribution in [0.5, 0.6) is 5.75 Å². The molecule has 0 unspecified atom stereocenters. The number of hydrogen-bond acceptors (Lipinski definition) is 4. The largest absolute Gasteiger partial charge is 0.493 e. The van der Waals surface area contributed by atoms with Gasteiger partial charge < -0.3 is 10.1 Å². The van der Waals surface area contributed by atoms with Gasteiger partial charge in [-0.3, -0.25) is 9.59 Å². The van der Waals surface area contributed by atoms with Gasteiger partial charge in [0, 0.05) is 15.7 Å². The van der Waals surface area contributed by atoms with E-state index in [1.165, 1.54) is 6.21 Å². The zero-order valence-electron chi connectivity index (χ0n) is 15.3. The number of nitrogens with zero attached hydrogens (tertiary/aromatic N) is 1. The molecule has 6 nitrogen and oxygen atoms in total. The van der Waals surface area contributed by atoms with Gasteiger partial charge in [-0.1, -0.05) is 41.9 Å². The van der Waals surface area contributed by atoms with E-state index in [9.17, 15) is 9.59 Å². The fraction of sp³-hybridized carbons (Fsp3) is 0.250. The lowest BCUT2D eigenvalue weighted by atomic mass is 10.1. The van der Waals surface area contributed by atoms with E-state index in [1.807, 2.05) is 44.2 Å². The lowest BCUT2D eigenvalue weighted by Crippen LogP contribution is -2.32. The second-order valence-corrected chi connectivity index (χ2v) is 6.65. The van der Waals surface area contributed by atoms with Gasteiger partial charge in [0.15, 0.2) is 0 Å². The number of carbonyl (C=O) groups excluding carboxylic acids is 2. The van der Waals surface area contributed by atoms with Crippen molar-refractivity contribution in [2.75, 3.05) is 11.9 Å². The Hall–Kier alpha value is -2.67. The molecule has 27 heavy (non-hydrogen) atoms. The van der Waals surface area contributed by atoms with Crippen LogP contribution in [0.25, 0.3) is 0 Å². The van der Waals surface area contributed by atoms with Crippen LogP contribution < -0.4 is 15.5 Å². The molecule has 0 saturated heterocycles. The Morgan fingerprint density at radius 1 is 1.11 bits per heavy atom. The molecule has 7 heteroatoms. The molecule has 2 amide bonds. The van der Waals surface area contributed by atoms with Crippen molar-refractivity contribution < 1.29 is 14.3 Å². The van der Waals surface area contributed by atoms with E-state index in [1.54, 1.807) is 12.1 Å². The highest BCUT2D eigenvalue weighted by Gasteiger charge is 2.13. The maximum Gasteiger partial charge on any atom is 0.329 e. The molecule has 2 aromatic carbocycles. The minimum absolute atomic E-state index is 0.554. The van der Waals surface area contributed by atoms with E-state index in [0.29, 0.717) is 23.6 Å². The van der Waals surface area contributed by atoms with Gasteiger partial charge >= 0.3 is 11.8 Å². The average Bonchev–Trinajstić information content (AvgIpc) is 2.67. The molecule has 0 aliphatic carbocycles. The smallest absolute Gasteiger partial charge is 0.329 e. The molecule has 2 rings (SSSR count). The van der Waals surface area contributed by atoms with Crippen molar-refractivity contribution >= 4 is 39.6 Å². The topological polar surface area (TPSA) is 79.8 Å². The number of benzene rings is 2. The van der Waals surface area contributed by atoms with Crippen molar-refractivity contribution in [3.63, 3.8) is 0 Å². The van der Waals surface area contributed by atoms with Gasteiger partial charge in [-0.25, -0.2) is 5.43 Å². The van der Waals surface area contributed by atoms with Gasteiger partial charge in [0.1, 0.15) is 5.75 Å². The summed E-state index contributed by atoms with van der Waals surface area (Å²) in [5.41, 5.74) is 4.62. The van der Waals surface area contributed by atoms with Crippen LogP contribution in [0.2, 0.25) is 0 Å². The Balaban J connectivity index is 1.95. The molecular formula is C20H22BrN3O3. The summed E-state index contributed by atoms with van der Waals surface area (Å²) in [5, 5.41) is 6.39. The van der Waals surface area contributed by atoms with Crippen LogP contribution >= 0.6 is 15.9 Å². The first-order chi connectivity index (χ1) is 13.0. The summed E-state index contributed by atoms with van der Waals surface area (Å²) >= 11 is 3.39. The first-order valence-corrected chi connectivity index (χ1v) is 9.48. The fourth-order valence-electron chi connectivity index (χ4n) is 2.19. The van der Waals surface area contributed by atoms with Gasteiger partial charge in [0.25, 0.3) is 0 Å². The summed E-state index contributed by atoms with van der Waals surface area (Å²) in [5.74, 6) is -0.983. The highest BCUT2D eigenvalue weighted by Crippen LogP contribution is 2.22. The molecule has 0 aliphatic rings. The number of hydrogen-bond donors (Lipinski definition) is 2. The molecule has 0 bridgehead atoms. The minimum atomic E-state index is -0.850. The molecule has 0 atom stereocenters. The number of amides is 2. The summed E-state index contributed by atoms with van der Waals surface area (Å²) < 4.78 is 6.49. The summed E-state index contributed by atoms with van der Waals surface area (Å²) in [7, 11) is 0. The third kappa shape index (κ3) is 6.53. The highest BCUT2D eigenvalue weighted by molar-refractivity contribution is 9.10. The lowest BCUT2D eigenvalue weighted by molar-refractivity contribution is -0.136. The van der Waals surface area contributed by atoms with Crippen LogP contribution in [0.3, 0.4) is 0 Å². The number of rotatable bonds is 7. The number of anilines is 1. The van der Waals surface area contributed by atoms with Crippen LogP contribution in [0.1, 0.15) is 31.4 Å². The van der Waals surface area contributed by atoms with Crippen molar-refractivity contribution in [2.24, 2.45) is 5.10 Å². The lowest BCUT2D eigenvalue weighted by Gasteiger charge is -2.08. The van der Waals surface area contributed by atoms with Crippen LogP contribution in [0, 0.1) is 0 Å². The first kappa shape index (κ1) is 20.6. The number of carbonyl (C=O) groups is 2. The van der Waals surface area contributed by atoms with E-state index in [0.717, 1.165) is 22.9 Å². The molecule has 2 aromatic rings. The molecule has 142 valence electrons. The summed E-state index contributed by atoms with van der Waals surface area (Å²) in [6.07, 6.45) is 3.22. The van der Waals surface area contributed by atoms with Crippen molar-refractivity contribution in [3.05, 3.63) is 58.1 Å². The highest BCUT2D eigenvalue weighted by atomic mass is 79.9. The Morgan fingerprint density at radius 3 is 2.52 bits per heavy atom. The van der Waals surface area contributed by atoms with Crippen molar-refractivity contribution in [2.45, 2.75) is 26.7 Å². The van der Waals surface area contributed by atoms with Gasteiger partial charge in [0.2, 0.25) is 0 Å². The maximum atomic E-state index is 11.9. The molecule has 2 N–H and O–H groups in total. The fourth-order valence-corrected chi connectivity index (χ4v) is 2.57. The molecule has 0 saturated carbocycles. The molecule has 0 heterocycles. The van der Waals surface area contributed by atoms with Crippen molar-refractivity contribution in [1.29, 1.82) is 0 Å². The van der Waals surface area contributed by atoms with Crippen LogP contribution in [-0.4, -0.2) is 24.6 Å². The third-order valence-electron chi connectivity index (χ3n) is 3.63. The van der Waals surface area contributed by atoms with Gasteiger partial charge in [-0.15, -0.1) is 0 Å². The second-order valence-electron chi connectivity index (χ2n) is 5.73. The van der Waals surface area contributed by atoms with Crippen molar-refractivity contribution in [1.82, 2.24) is 5.43 Å². The number of ether oxygens (including phenoxy) is 1. The second kappa shape index (κ2) is 10.5. The summed E-state index contributed by atoms with van der Waals surface area (Å²) in [6.45, 7) is 4.64. The third-order valence-corrected chi connectivity index (χ3v) is 4.12. The van der Waals surface area contributed by atoms with Crippen LogP contribution in [0.15, 0.2) is 52.0 Å². The Labute approximate surface area is 167 Å². The van der Waals surface area contributed by atoms with Crippen LogP contribution in [-0.2, 0) is 16.0 Å². The Morgan fingerprint density at radius 2 is 1.85 bits per heavy atom. The van der Waals surface area contributed by atoms with E-state index < -0.39 is 11.8 Å². The number of aryl methyl sites for hydroxylation is 1. The van der Waals surface area contributed by atoms with Crippen LogP contribution in [0.4, 0.5) is 5.69 Å². The number of halogens is 1. The van der Waals surface area contributed by atoms with Crippen molar-refractivity contribution in [3.8, 4) is 5.75 Å². The summed E-state index contributed by atoms with van der Waals surface area (Å²) in [4.78, 5) is 23.8. The van der Waals surface area contributed by atoms with Gasteiger partial charge in [0.05, 0.1) is 12.8 Å². The quantitative estimate of drug-likeness (QED) is 0.396. The molecule has 0 spiro atoms. The molecule has 0 radical (unpaired) electrons. The van der Waals surface area contributed by atoms with Gasteiger partial charge in [-0.2, -0.15) is 5.10 Å². The normalized spacial score (nSPS) is 10.6. The summed E-state index contributed by atoms with van der Waals surface area (Å²) in [6, 6.07) is 12.8. The Kier molecular flexibility index (Phi) is 8.00. The zero-order valence-corrected chi connectivity index (χ0v) is 16.9. The minimum Gasteiger partial charge on any atom is -0.493 e. The molecular weight excluding hydrogens is 410 g/mol. The molecule has 0 fully saturated rings. The first-order valence-electron chi connectivity index (χ1n) is 8.69. The monoisotopic (exact) mass is 431 g/mol. The number of nitrogens with one attached hydrogen (secondary N) is 2. The predicted octanol–water partition coefficient (Wildman–Crippen LogP) is 3.89. The van der Waals surface area contributed by atoms with E-state index in [-0.39, 0.29) is 0 Å². The number of hydrazone groups is 1. The van der Waals surface area contributed by atoms with Gasteiger partial charge in [-0.05, 0) is 48.7 Å². The van der Waals surface area contributed by atoms with E-state index in [4.69, 9.17) is 4.74 Å². The average molecular weight is 432 g/mol. The molecule has 0 aromatic heterocycles. The predicted molar refractivity (Wildman–Crippen MR) is 110 cm³/mol. The maximum absolute atomic E-state index is 11.9. The molecule has 0 aliphatic heterocycles. The van der Waals surface area contributed by atoms with E-state index >= 15 is 0 Å².